The fraction of sp³-hybridized carbons (Fsp3) is 0.500. The molecule has 0 aliphatic carbocycles. The van der Waals surface area contributed by atoms with Crippen molar-refractivity contribution in [2.24, 2.45) is 0 Å². The lowest BCUT2D eigenvalue weighted by atomic mass is 10.2. The lowest BCUT2D eigenvalue weighted by Crippen LogP contribution is -2.33. The number of carbonyl (C=O) groups is 1. The van der Waals surface area contributed by atoms with Crippen LogP contribution in [0.4, 0.5) is 5.95 Å². The molecule has 0 bridgehead atoms. The summed E-state index contributed by atoms with van der Waals surface area (Å²) < 4.78 is 1.73. The number of aromatic nitrogens is 3. The maximum Gasteiger partial charge on any atom is 0.243 e. The first-order valence-electron chi connectivity index (χ1n) is 6.94. The van der Waals surface area contributed by atoms with Crippen LogP contribution in [0.1, 0.15) is 32.3 Å². The largest absolute Gasteiger partial charge is 0.354 e. The zero-order valence-electron chi connectivity index (χ0n) is 12.2. The van der Waals surface area contributed by atoms with Crippen LogP contribution in [-0.2, 0) is 4.79 Å². The number of pyridine rings is 1. The Hall–Kier alpha value is -2.11. The van der Waals surface area contributed by atoms with E-state index in [4.69, 9.17) is 0 Å². The van der Waals surface area contributed by atoms with E-state index in [0.717, 1.165) is 17.6 Å². The third-order valence-corrected chi connectivity index (χ3v) is 3.13. The van der Waals surface area contributed by atoms with Crippen LogP contribution >= 0.6 is 0 Å². The van der Waals surface area contributed by atoms with Crippen molar-refractivity contribution in [3.05, 3.63) is 23.9 Å². The summed E-state index contributed by atoms with van der Waals surface area (Å²) in [6, 6.07) is 4.13. The van der Waals surface area contributed by atoms with Crippen molar-refractivity contribution in [3.8, 4) is 0 Å². The summed E-state index contributed by atoms with van der Waals surface area (Å²) in [6.07, 6.45) is 3.27. The second-order valence-electron chi connectivity index (χ2n) is 5.00. The molecule has 2 heterocycles. The van der Waals surface area contributed by atoms with Gasteiger partial charge in [0.05, 0.1) is 0 Å². The number of amides is 1. The number of rotatable bonds is 6. The molecule has 0 spiro atoms. The van der Waals surface area contributed by atoms with Gasteiger partial charge in [0.2, 0.25) is 11.9 Å². The van der Waals surface area contributed by atoms with Gasteiger partial charge in [-0.25, -0.2) is 4.52 Å². The Morgan fingerprint density at radius 2 is 2.25 bits per heavy atom. The summed E-state index contributed by atoms with van der Waals surface area (Å²) in [5.41, 5.74) is 1.92. The third-order valence-electron chi connectivity index (χ3n) is 3.13. The monoisotopic (exact) mass is 275 g/mol. The highest BCUT2D eigenvalue weighted by Crippen LogP contribution is 2.06. The summed E-state index contributed by atoms with van der Waals surface area (Å²) in [4.78, 5) is 16.0. The molecule has 0 saturated carbocycles. The van der Waals surface area contributed by atoms with Crippen LogP contribution in [0.25, 0.3) is 5.65 Å². The average Bonchev–Trinajstić information content (AvgIpc) is 2.80. The lowest BCUT2D eigenvalue weighted by Gasteiger charge is -2.10. The Morgan fingerprint density at radius 3 is 3.00 bits per heavy atom. The Morgan fingerprint density at radius 1 is 1.45 bits per heavy atom. The minimum absolute atomic E-state index is 0.0476. The molecule has 0 aromatic carbocycles. The van der Waals surface area contributed by atoms with Gasteiger partial charge in [0.25, 0.3) is 0 Å². The van der Waals surface area contributed by atoms with Crippen molar-refractivity contribution >= 4 is 17.5 Å². The van der Waals surface area contributed by atoms with E-state index in [1.807, 2.05) is 39.1 Å². The molecule has 1 amide bonds. The van der Waals surface area contributed by atoms with Crippen molar-refractivity contribution in [3.63, 3.8) is 0 Å². The van der Waals surface area contributed by atoms with Gasteiger partial charge in [0.1, 0.15) is 0 Å². The van der Waals surface area contributed by atoms with E-state index in [9.17, 15) is 4.79 Å². The summed E-state index contributed by atoms with van der Waals surface area (Å²) in [7, 11) is 0. The van der Waals surface area contributed by atoms with Crippen molar-refractivity contribution in [1.29, 1.82) is 0 Å². The second-order valence-corrected chi connectivity index (χ2v) is 5.00. The van der Waals surface area contributed by atoms with E-state index in [0.29, 0.717) is 18.9 Å². The number of nitrogens with one attached hydrogen (secondary N) is 2. The van der Waals surface area contributed by atoms with E-state index < -0.39 is 0 Å². The van der Waals surface area contributed by atoms with Crippen LogP contribution in [0.15, 0.2) is 18.3 Å². The normalized spacial score (nSPS) is 12.3. The number of hydrogen-bond acceptors (Lipinski definition) is 4. The van der Waals surface area contributed by atoms with E-state index >= 15 is 0 Å². The van der Waals surface area contributed by atoms with Crippen molar-refractivity contribution < 1.29 is 4.79 Å². The summed E-state index contributed by atoms with van der Waals surface area (Å²) in [6.45, 7) is 6.58. The quantitative estimate of drug-likeness (QED) is 0.842. The van der Waals surface area contributed by atoms with Gasteiger partial charge in [-0.1, -0.05) is 13.0 Å². The molecule has 20 heavy (non-hydrogen) atoms. The van der Waals surface area contributed by atoms with Gasteiger partial charge in [-0.2, -0.15) is 4.98 Å². The van der Waals surface area contributed by atoms with Crippen LogP contribution < -0.4 is 10.6 Å². The van der Waals surface area contributed by atoms with Gasteiger partial charge >= 0.3 is 0 Å². The molecule has 2 N–H and O–H groups in total. The van der Waals surface area contributed by atoms with Crippen molar-refractivity contribution in [2.45, 2.75) is 39.7 Å². The molecule has 2 aromatic rings. The van der Waals surface area contributed by atoms with Crippen LogP contribution in [0, 0.1) is 6.92 Å². The maximum absolute atomic E-state index is 11.6. The Balaban J connectivity index is 1.85. The average molecular weight is 275 g/mol. The fourth-order valence-electron chi connectivity index (χ4n) is 1.80. The van der Waals surface area contributed by atoms with Crippen LogP contribution in [0.3, 0.4) is 0 Å². The molecular weight excluding hydrogens is 254 g/mol. The Bertz CT molecular complexity index is 592. The van der Waals surface area contributed by atoms with Crippen LogP contribution in [0.5, 0.6) is 0 Å². The molecule has 2 aromatic heterocycles. The molecular formula is C14H21N5O. The molecule has 0 aliphatic rings. The standard InChI is InChI=1S/C14H21N5O/c1-4-11(3)16-13(20)7-8-15-14-17-12-6-5-10(2)9-19(12)18-14/h5-6,9,11H,4,7-8H2,1-3H3,(H,15,18)(H,16,20). The zero-order chi connectivity index (χ0) is 14.5. The Kier molecular flexibility index (Phi) is 4.55. The summed E-state index contributed by atoms with van der Waals surface area (Å²) >= 11 is 0. The zero-order valence-corrected chi connectivity index (χ0v) is 12.2. The number of aryl methyl sites for hydroxylation is 1. The highest BCUT2D eigenvalue weighted by atomic mass is 16.1. The minimum atomic E-state index is 0.0476. The van der Waals surface area contributed by atoms with Gasteiger partial charge < -0.3 is 10.6 Å². The van der Waals surface area contributed by atoms with Crippen LogP contribution in [0.2, 0.25) is 0 Å². The van der Waals surface area contributed by atoms with Gasteiger partial charge in [0, 0.05) is 25.2 Å². The molecule has 0 saturated heterocycles. The highest BCUT2D eigenvalue weighted by molar-refractivity contribution is 5.76. The summed E-state index contributed by atoms with van der Waals surface area (Å²) in [5.74, 6) is 0.596. The smallest absolute Gasteiger partial charge is 0.243 e. The molecule has 1 atom stereocenters. The van der Waals surface area contributed by atoms with Crippen LogP contribution in [-0.4, -0.2) is 33.1 Å². The number of carbonyl (C=O) groups excluding carboxylic acids is 1. The third kappa shape index (κ3) is 3.69. The van der Waals surface area contributed by atoms with E-state index in [-0.39, 0.29) is 11.9 Å². The lowest BCUT2D eigenvalue weighted by molar-refractivity contribution is -0.121. The van der Waals surface area contributed by atoms with E-state index in [1.165, 1.54) is 0 Å². The number of nitrogens with zero attached hydrogens (tertiary/aromatic N) is 3. The minimum Gasteiger partial charge on any atom is -0.354 e. The van der Waals surface area contributed by atoms with Gasteiger partial charge in [0.15, 0.2) is 5.65 Å². The van der Waals surface area contributed by atoms with E-state index in [2.05, 4.69) is 20.7 Å². The molecule has 6 heteroatoms. The molecule has 108 valence electrons. The van der Waals surface area contributed by atoms with Gasteiger partial charge in [-0.05, 0) is 31.9 Å². The summed E-state index contributed by atoms with van der Waals surface area (Å²) in [5, 5.41) is 10.3. The first-order chi connectivity index (χ1) is 9.58. The predicted octanol–water partition coefficient (Wildman–Crippen LogP) is 1.75. The second kappa shape index (κ2) is 6.36. The predicted molar refractivity (Wildman–Crippen MR) is 78.7 cm³/mol. The molecule has 0 radical (unpaired) electrons. The van der Waals surface area contributed by atoms with E-state index in [1.54, 1.807) is 4.52 Å². The van der Waals surface area contributed by atoms with Gasteiger partial charge in [-0.3, -0.25) is 4.79 Å². The molecule has 0 fully saturated rings. The maximum atomic E-state index is 11.6. The first-order valence-corrected chi connectivity index (χ1v) is 6.94. The Labute approximate surface area is 118 Å². The highest BCUT2D eigenvalue weighted by Gasteiger charge is 2.06. The van der Waals surface area contributed by atoms with Gasteiger partial charge in [-0.15, -0.1) is 5.10 Å². The molecule has 6 nitrogen and oxygen atoms in total. The molecule has 1 unspecified atom stereocenters. The SMILES string of the molecule is CCC(C)NC(=O)CCNc1nc2ccc(C)cn2n1. The number of anilines is 1. The fourth-order valence-corrected chi connectivity index (χ4v) is 1.80. The topological polar surface area (TPSA) is 71.3 Å². The number of hydrogen-bond donors (Lipinski definition) is 2. The van der Waals surface area contributed by atoms with Crippen molar-refractivity contribution in [1.82, 2.24) is 19.9 Å². The van der Waals surface area contributed by atoms with Crippen molar-refractivity contribution in [2.75, 3.05) is 11.9 Å². The first kappa shape index (κ1) is 14.3. The molecule has 2 rings (SSSR count). The number of fused-ring (bicyclic) bond motifs is 1. The molecule has 0 aliphatic heterocycles.